The van der Waals surface area contributed by atoms with Crippen LogP contribution in [-0.4, -0.2) is 26.8 Å². The van der Waals surface area contributed by atoms with Gasteiger partial charge in [0.1, 0.15) is 5.65 Å². The molecular weight excluding hydrogens is 324 g/mol. The first kappa shape index (κ1) is 13.3. The number of nitrogens with one attached hydrogen (secondary N) is 1. The van der Waals surface area contributed by atoms with Crippen molar-refractivity contribution in [3.05, 3.63) is 28.5 Å². The molecule has 0 radical (unpaired) electrons. The Bertz CT molecular complexity index is 695. The van der Waals surface area contributed by atoms with Gasteiger partial charge in [0, 0.05) is 33.7 Å². The van der Waals surface area contributed by atoms with Crippen LogP contribution in [0.25, 0.3) is 11.0 Å². The van der Waals surface area contributed by atoms with E-state index in [1.165, 1.54) is 0 Å². The van der Waals surface area contributed by atoms with E-state index < -0.39 is 17.8 Å². The summed E-state index contributed by atoms with van der Waals surface area (Å²) in [4.78, 5) is 31.0. The van der Waals surface area contributed by atoms with Crippen LogP contribution in [-0.2, 0) is 4.79 Å². The van der Waals surface area contributed by atoms with Crippen molar-refractivity contribution in [3.63, 3.8) is 0 Å². The lowest BCUT2D eigenvalue weighted by molar-refractivity contribution is -0.142. The average molecular weight is 337 g/mol. The smallest absolute Gasteiger partial charge is 0.307 e. The summed E-state index contributed by atoms with van der Waals surface area (Å²) in [5.41, 5.74) is 1.17. The van der Waals surface area contributed by atoms with Crippen LogP contribution in [0.3, 0.4) is 0 Å². The lowest BCUT2D eigenvalue weighted by Crippen LogP contribution is -2.25. The van der Waals surface area contributed by atoms with E-state index in [0.717, 1.165) is 16.3 Å². The summed E-state index contributed by atoms with van der Waals surface area (Å²) in [5, 5.41) is 9.94. The van der Waals surface area contributed by atoms with Crippen molar-refractivity contribution in [1.29, 1.82) is 0 Å². The number of H-pyrrole nitrogens is 1. The van der Waals surface area contributed by atoms with E-state index in [0.29, 0.717) is 24.1 Å². The molecule has 5 nitrogen and oxygen atoms in total. The van der Waals surface area contributed by atoms with Crippen molar-refractivity contribution in [2.24, 2.45) is 11.8 Å². The molecule has 1 saturated carbocycles. The minimum absolute atomic E-state index is 0.0962. The molecule has 6 heteroatoms. The van der Waals surface area contributed by atoms with Crippen LogP contribution in [0.2, 0.25) is 0 Å². The van der Waals surface area contributed by atoms with Gasteiger partial charge in [-0.1, -0.05) is 6.42 Å². The molecule has 104 valence electrons. The number of carbonyl (C=O) groups excluding carboxylic acids is 1. The molecule has 2 atom stereocenters. The molecule has 2 heterocycles. The van der Waals surface area contributed by atoms with Gasteiger partial charge in [-0.25, -0.2) is 4.98 Å². The molecule has 1 fully saturated rings. The van der Waals surface area contributed by atoms with Gasteiger partial charge in [0.2, 0.25) is 0 Å². The molecule has 3 rings (SSSR count). The SMILES string of the molecule is O=C(O)C1CCCC1C(=O)c1c[nH]c2ncc(Br)cc12. The Morgan fingerprint density at radius 2 is 2.10 bits per heavy atom. The number of aliphatic carboxylic acids is 1. The fourth-order valence-corrected chi connectivity index (χ4v) is 3.28. The van der Waals surface area contributed by atoms with Crippen LogP contribution in [0.1, 0.15) is 29.6 Å². The number of aromatic nitrogens is 2. The molecule has 0 spiro atoms. The maximum Gasteiger partial charge on any atom is 0.307 e. The third-order valence-corrected chi connectivity index (χ3v) is 4.37. The summed E-state index contributed by atoms with van der Waals surface area (Å²) in [5.74, 6) is -1.96. The zero-order chi connectivity index (χ0) is 14.3. The van der Waals surface area contributed by atoms with Crippen molar-refractivity contribution >= 4 is 38.7 Å². The van der Waals surface area contributed by atoms with E-state index in [9.17, 15) is 14.7 Å². The number of carboxylic acids is 1. The standard InChI is InChI=1S/C14H13BrN2O3/c15-7-4-10-11(6-17-13(10)16-5-7)12(18)8-2-1-3-9(8)14(19)20/h4-6,8-9H,1-3H2,(H,16,17)(H,19,20). The van der Waals surface area contributed by atoms with E-state index >= 15 is 0 Å². The predicted octanol–water partition coefficient (Wildman–Crippen LogP) is 3.01. The van der Waals surface area contributed by atoms with Gasteiger partial charge in [-0.05, 0) is 34.8 Å². The molecular formula is C14H13BrN2O3. The molecule has 0 aromatic carbocycles. The van der Waals surface area contributed by atoms with Gasteiger partial charge in [0.25, 0.3) is 0 Å². The van der Waals surface area contributed by atoms with E-state index in [1.807, 2.05) is 6.07 Å². The van der Waals surface area contributed by atoms with Crippen molar-refractivity contribution < 1.29 is 14.7 Å². The van der Waals surface area contributed by atoms with Gasteiger partial charge in [0.15, 0.2) is 5.78 Å². The molecule has 2 aromatic rings. The molecule has 0 bridgehead atoms. The summed E-state index contributed by atoms with van der Waals surface area (Å²) >= 11 is 3.34. The lowest BCUT2D eigenvalue weighted by atomic mass is 9.88. The van der Waals surface area contributed by atoms with Crippen LogP contribution in [0.15, 0.2) is 22.9 Å². The van der Waals surface area contributed by atoms with Crippen molar-refractivity contribution in [1.82, 2.24) is 9.97 Å². The molecule has 1 aliphatic carbocycles. The van der Waals surface area contributed by atoms with Gasteiger partial charge in [-0.2, -0.15) is 0 Å². The molecule has 2 unspecified atom stereocenters. The normalized spacial score (nSPS) is 22.2. The van der Waals surface area contributed by atoms with Gasteiger partial charge in [0.05, 0.1) is 5.92 Å². The number of aromatic amines is 1. The first-order chi connectivity index (χ1) is 9.58. The summed E-state index contributed by atoms with van der Waals surface area (Å²) in [6, 6.07) is 1.83. The second kappa shape index (κ2) is 5.01. The Hall–Kier alpha value is -1.69. The fourth-order valence-electron chi connectivity index (χ4n) is 2.95. The number of rotatable bonds is 3. The first-order valence-electron chi connectivity index (χ1n) is 6.47. The molecule has 20 heavy (non-hydrogen) atoms. The topological polar surface area (TPSA) is 83.0 Å². The van der Waals surface area contributed by atoms with Crippen LogP contribution in [0.4, 0.5) is 0 Å². The van der Waals surface area contributed by atoms with Crippen LogP contribution < -0.4 is 0 Å². The maximum atomic E-state index is 12.6. The molecule has 0 amide bonds. The van der Waals surface area contributed by atoms with Gasteiger partial charge >= 0.3 is 5.97 Å². The Morgan fingerprint density at radius 1 is 1.35 bits per heavy atom. The molecule has 0 aliphatic heterocycles. The second-order valence-corrected chi connectivity index (χ2v) is 6.01. The van der Waals surface area contributed by atoms with Gasteiger partial charge in [-0.3, -0.25) is 9.59 Å². The summed E-state index contributed by atoms with van der Waals surface area (Å²) in [7, 11) is 0. The highest BCUT2D eigenvalue weighted by Gasteiger charge is 2.38. The molecule has 0 saturated heterocycles. The second-order valence-electron chi connectivity index (χ2n) is 5.10. The number of carboxylic acid groups (broad SMARTS) is 1. The number of nitrogens with zero attached hydrogens (tertiary/aromatic N) is 1. The Balaban J connectivity index is 2.00. The molecule has 2 N–H and O–H groups in total. The monoisotopic (exact) mass is 336 g/mol. The minimum Gasteiger partial charge on any atom is -0.481 e. The van der Waals surface area contributed by atoms with Gasteiger partial charge < -0.3 is 10.1 Å². The third kappa shape index (κ3) is 2.14. The molecule has 2 aromatic heterocycles. The average Bonchev–Trinajstić information content (AvgIpc) is 3.04. The number of fused-ring (bicyclic) bond motifs is 1. The minimum atomic E-state index is -0.875. The number of hydrogen-bond donors (Lipinski definition) is 2. The number of halogens is 1. The van der Waals surface area contributed by atoms with Crippen LogP contribution >= 0.6 is 15.9 Å². The quantitative estimate of drug-likeness (QED) is 0.844. The van der Waals surface area contributed by atoms with E-state index in [1.54, 1.807) is 12.4 Å². The Morgan fingerprint density at radius 3 is 2.85 bits per heavy atom. The summed E-state index contributed by atoms with van der Waals surface area (Å²) in [6.07, 6.45) is 5.30. The zero-order valence-electron chi connectivity index (χ0n) is 10.6. The highest BCUT2D eigenvalue weighted by atomic mass is 79.9. The number of Topliss-reactive ketones (excluding diaryl/α,β-unsaturated/α-hetero) is 1. The summed E-state index contributed by atoms with van der Waals surface area (Å²) < 4.78 is 0.792. The fraction of sp³-hybridized carbons (Fsp3) is 0.357. The van der Waals surface area contributed by atoms with Crippen molar-refractivity contribution in [3.8, 4) is 0 Å². The van der Waals surface area contributed by atoms with Crippen molar-refractivity contribution in [2.45, 2.75) is 19.3 Å². The maximum absolute atomic E-state index is 12.6. The Kier molecular flexibility index (Phi) is 3.33. The van der Waals surface area contributed by atoms with E-state index in [2.05, 4.69) is 25.9 Å². The lowest BCUT2D eigenvalue weighted by Gasteiger charge is -2.13. The highest BCUT2D eigenvalue weighted by molar-refractivity contribution is 9.10. The molecule has 1 aliphatic rings. The predicted molar refractivity (Wildman–Crippen MR) is 76.6 cm³/mol. The van der Waals surface area contributed by atoms with Gasteiger partial charge in [-0.15, -0.1) is 0 Å². The zero-order valence-corrected chi connectivity index (χ0v) is 12.2. The van der Waals surface area contributed by atoms with Crippen molar-refractivity contribution in [2.75, 3.05) is 0 Å². The van der Waals surface area contributed by atoms with Crippen LogP contribution in [0, 0.1) is 11.8 Å². The van der Waals surface area contributed by atoms with Crippen LogP contribution in [0.5, 0.6) is 0 Å². The summed E-state index contributed by atoms with van der Waals surface area (Å²) in [6.45, 7) is 0. The number of carbonyl (C=O) groups is 2. The highest BCUT2D eigenvalue weighted by Crippen LogP contribution is 2.35. The third-order valence-electron chi connectivity index (χ3n) is 3.93. The first-order valence-corrected chi connectivity index (χ1v) is 7.27. The largest absolute Gasteiger partial charge is 0.481 e. The van der Waals surface area contributed by atoms with E-state index in [-0.39, 0.29) is 5.78 Å². The van der Waals surface area contributed by atoms with E-state index in [4.69, 9.17) is 0 Å². The number of pyridine rings is 1. The number of hydrogen-bond acceptors (Lipinski definition) is 3. The Labute approximate surface area is 123 Å². The number of ketones is 1.